The Morgan fingerprint density at radius 3 is 2.67 bits per heavy atom. The van der Waals surface area contributed by atoms with Gasteiger partial charge in [-0.05, 0) is 0 Å². The molecule has 2 rings (SSSR count). The molecule has 2 atom stereocenters. The molecule has 0 aromatic heterocycles. The third-order valence-corrected chi connectivity index (χ3v) is 2.47. The summed E-state index contributed by atoms with van der Waals surface area (Å²) in [5.74, 6) is 1.17. The first kappa shape index (κ1) is 12.8. The average molecular weight is 198 g/mol. The van der Waals surface area contributed by atoms with Gasteiger partial charge >= 0.3 is 18.9 Å². The summed E-state index contributed by atoms with van der Waals surface area (Å²) in [5.41, 5.74) is 1.39. The molecule has 0 N–H and O–H groups in total. The van der Waals surface area contributed by atoms with Crippen LogP contribution in [0.15, 0.2) is 30.3 Å². The van der Waals surface area contributed by atoms with Crippen molar-refractivity contribution >= 4 is 0 Å². The minimum Gasteiger partial charge on any atom is -0.359 e. The summed E-state index contributed by atoms with van der Waals surface area (Å²) in [7, 11) is 1.64. The van der Waals surface area contributed by atoms with Crippen LogP contribution in [0.1, 0.15) is 11.5 Å². The molecule has 0 bridgehead atoms. The molecule has 0 saturated heterocycles. The molecule has 3 heteroatoms. The molecule has 1 fully saturated rings. The SMILES string of the molecule is COCOC[C@@H]1[CH-][C@@H]1c1ccccc1.[Li+]. The molecule has 1 aromatic carbocycles. The van der Waals surface area contributed by atoms with Gasteiger partial charge in [-0.15, -0.1) is 0 Å². The Bertz CT molecular complexity index is 276. The van der Waals surface area contributed by atoms with Gasteiger partial charge < -0.3 is 15.9 Å². The third-order valence-electron chi connectivity index (χ3n) is 2.47. The number of ether oxygens (including phenoxy) is 2. The number of benzene rings is 1. The van der Waals surface area contributed by atoms with Crippen LogP contribution >= 0.6 is 0 Å². The third kappa shape index (κ3) is 3.66. The first-order valence-electron chi connectivity index (χ1n) is 4.88. The Balaban J connectivity index is 0.00000112. The van der Waals surface area contributed by atoms with E-state index in [1.165, 1.54) is 5.56 Å². The van der Waals surface area contributed by atoms with Gasteiger partial charge in [-0.2, -0.15) is 11.8 Å². The molecule has 0 spiro atoms. The van der Waals surface area contributed by atoms with E-state index in [1.54, 1.807) is 7.11 Å². The van der Waals surface area contributed by atoms with Crippen molar-refractivity contribution in [2.24, 2.45) is 5.92 Å². The zero-order chi connectivity index (χ0) is 9.80. The van der Waals surface area contributed by atoms with Gasteiger partial charge in [-0.3, -0.25) is 0 Å². The molecule has 1 aliphatic carbocycles. The predicted molar refractivity (Wildman–Crippen MR) is 54.8 cm³/mol. The number of hydrogen-bond acceptors (Lipinski definition) is 2. The summed E-state index contributed by atoms with van der Waals surface area (Å²) in [4.78, 5) is 0. The second-order valence-electron chi connectivity index (χ2n) is 3.57. The van der Waals surface area contributed by atoms with Gasteiger partial charge in [0.1, 0.15) is 6.79 Å². The van der Waals surface area contributed by atoms with Crippen LogP contribution in [0, 0.1) is 12.3 Å². The standard InChI is InChI=1S/C12H15O2.Li/c1-13-9-14-8-11-7-12(11)10-5-3-2-4-6-10;/h2-7,11-12H,8-9H2,1H3;/q-1;+1/t11-,12+;/m0./s1. The normalized spacial score (nSPS) is 23.3. The summed E-state index contributed by atoms with van der Waals surface area (Å²) < 4.78 is 10.1. The maximum atomic E-state index is 5.30. The molecule has 1 saturated carbocycles. The molecular weight excluding hydrogens is 183 g/mol. The van der Waals surface area contributed by atoms with Crippen molar-refractivity contribution in [3.63, 3.8) is 0 Å². The Hall–Kier alpha value is -0.263. The first-order valence-corrected chi connectivity index (χ1v) is 4.88. The second-order valence-corrected chi connectivity index (χ2v) is 3.57. The van der Waals surface area contributed by atoms with Crippen LogP contribution in [-0.2, 0) is 9.47 Å². The smallest absolute Gasteiger partial charge is 0.359 e. The first-order chi connectivity index (χ1) is 6.92. The molecule has 0 aliphatic heterocycles. The summed E-state index contributed by atoms with van der Waals surface area (Å²) >= 11 is 0. The maximum absolute atomic E-state index is 5.30. The molecule has 1 aliphatic rings. The van der Waals surface area contributed by atoms with E-state index in [0.29, 0.717) is 18.6 Å². The summed E-state index contributed by atoms with van der Waals surface area (Å²) in [5, 5.41) is 0. The van der Waals surface area contributed by atoms with Crippen LogP contribution in [0.2, 0.25) is 0 Å². The number of hydrogen-bond donors (Lipinski definition) is 0. The zero-order valence-electron chi connectivity index (χ0n) is 9.35. The Kier molecular flexibility index (Phi) is 5.42. The fourth-order valence-electron chi connectivity index (χ4n) is 1.66. The van der Waals surface area contributed by atoms with Crippen molar-refractivity contribution < 1.29 is 28.3 Å². The molecular formula is C12H15LiO2. The zero-order valence-corrected chi connectivity index (χ0v) is 9.35. The van der Waals surface area contributed by atoms with E-state index in [1.807, 2.05) is 6.07 Å². The van der Waals surface area contributed by atoms with Crippen molar-refractivity contribution in [1.29, 1.82) is 0 Å². The fraction of sp³-hybridized carbons (Fsp3) is 0.417. The molecule has 0 radical (unpaired) electrons. The molecule has 76 valence electrons. The summed E-state index contributed by atoms with van der Waals surface area (Å²) in [6.45, 7) is 1.17. The van der Waals surface area contributed by atoms with E-state index in [2.05, 4.69) is 30.7 Å². The topological polar surface area (TPSA) is 18.5 Å². The van der Waals surface area contributed by atoms with Gasteiger partial charge in [-0.25, -0.2) is 0 Å². The Morgan fingerprint density at radius 2 is 2.00 bits per heavy atom. The van der Waals surface area contributed by atoms with Gasteiger partial charge in [0.05, 0.1) is 0 Å². The van der Waals surface area contributed by atoms with E-state index < -0.39 is 0 Å². The summed E-state index contributed by atoms with van der Waals surface area (Å²) in [6, 6.07) is 10.5. The van der Waals surface area contributed by atoms with Gasteiger partial charge in [0.25, 0.3) is 0 Å². The Morgan fingerprint density at radius 1 is 1.27 bits per heavy atom. The van der Waals surface area contributed by atoms with Crippen LogP contribution < -0.4 is 18.9 Å². The second kappa shape index (κ2) is 6.35. The van der Waals surface area contributed by atoms with Gasteiger partial charge in [0.15, 0.2) is 0 Å². The maximum Gasteiger partial charge on any atom is 1.00 e. The molecule has 2 nitrogen and oxygen atoms in total. The average Bonchev–Trinajstić information content (AvgIpc) is 2.99. The molecule has 0 amide bonds. The summed E-state index contributed by atoms with van der Waals surface area (Å²) in [6.07, 6.45) is 2.31. The van der Waals surface area contributed by atoms with Gasteiger partial charge in [-0.1, -0.05) is 35.9 Å². The van der Waals surface area contributed by atoms with Crippen LogP contribution in [0.4, 0.5) is 0 Å². The van der Waals surface area contributed by atoms with Crippen molar-refractivity contribution in [3.8, 4) is 0 Å². The minimum absolute atomic E-state index is 0. The van der Waals surface area contributed by atoms with Crippen molar-refractivity contribution in [2.45, 2.75) is 5.92 Å². The van der Waals surface area contributed by atoms with Crippen LogP contribution in [0.5, 0.6) is 0 Å². The van der Waals surface area contributed by atoms with Crippen LogP contribution in [0.25, 0.3) is 0 Å². The largest absolute Gasteiger partial charge is 1.00 e. The minimum atomic E-state index is 0. The number of rotatable bonds is 5. The van der Waals surface area contributed by atoms with E-state index >= 15 is 0 Å². The fourth-order valence-corrected chi connectivity index (χ4v) is 1.66. The van der Waals surface area contributed by atoms with Crippen LogP contribution in [0.3, 0.4) is 0 Å². The van der Waals surface area contributed by atoms with Gasteiger partial charge in [0.2, 0.25) is 0 Å². The predicted octanol–water partition coefficient (Wildman–Crippen LogP) is -0.771. The van der Waals surface area contributed by atoms with E-state index in [4.69, 9.17) is 9.47 Å². The van der Waals surface area contributed by atoms with Crippen molar-refractivity contribution in [2.75, 3.05) is 20.5 Å². The molecule has 0 heterocycles. The van der Waals surface area contributed by atoms with Crippen molar-refractivity contribution in [1.82, 2.24) is 0 Å². The number of methoxy groups -OCH3 is 1. The van der Waals surface area contributed by atoms with E-state index in [9.17, 15) is 0 Å². The van der Waals surface area contributed by atoms with Crippen LogP contribution in [-0.4, -0.2) is 20.5 Å². The van der Waals surface area contributed by atoms with E-state index in [-0.39, 0.29) is 18.9 Å². The van der Waals surface area contributed by atoms with Crippen molar-refractivity contribution in [3.05, 3.63) is 42.3 Å². The quantitative estimate of drug-likeness (QED) is 0.268. The monoisotopic (exact) mass is 198 g/mol. The molecule has 0 unspecified atom stereocenters. The molecule has 1 aromatic rings. The van der Waals surface area contributed by atoms with E-state index in [0.717, 1.165) is 6.61 Å². The van der Waals surface area contributed by atoms with Gasteiger partial charge in [0, 0.05) is 13.7 Å². The molecule has 15 heavy (non-hydrogen) atoms. The Labute approximate surface area is 103 Å².